The van der Waals surface area contributed by atoms with Crippen LogP contribution in [-0.4, -0.2) is 12.1 Å². The summed E-state index contributed by atoms with van der Waals surface area (Å²) in [6.07, 6.45) is 0. The second-order valence-electron chi connectivity index (χ2n) is 3.83. The number of anilines is 1. The van der Waals surface area contributed by atoms with Crippen LogP contribution in [-0.2, 0) is 4.84 Å². The zero-order chi connectivity index (χ0) is 12.5. The van der Waals surface area contributed by atoms with Gasteiger partial charge in [-0.25, -0.2) is 10.3 Å². The Labute approximate surface area is 102 Å². The normalized spacial score (nSPS) is 10.9. The smallest absolute Gasteiger partial charge is 0.408 e. The maximum absolute atomic E-state index is 11.3. The summed E-state index contributed by atoms with van der Waals surface area (Å²) in [7, 11) is 1.46. The van der Waals surface area contributed by atoms with E-state index >= 15 is 0 Å². The predicted octanol–water partition coefficient (Wildman–Crippen LogP) is 2.31. The molecule has 3 aromatic rings. The van der Waals surface area contributed by atoms with Gasteiger partial charge in [-0.2, -0.15) is 4.98 Å². The van der Waals surface area contributed by atoms with Crippen LogP contribution >= 0.6 is 0 Å². The summed E-state index contributed by atoms with van der Waals surface area (Å²) in [4.78, 5) is 19.9. The van der Waals surface area contributed by atoms with E-state index in [-0.39, 0.29) is 0 Å². The highest BCUT2D eigenvalue weighted by Crippen LogP contribution is 2.25. The third kappa shape index (κ3) is 1.70. The van der Waals surface area contributed by atoms with Gasteiger partial charge in [0.1, 0.15) is 5.58 Å². The molecule has 0 radical (unpaired) electrons. The second-order valence-corrected chi connectivity index (χ2v) is 3.83. The Morgan fingerprint density at radius 3 is 2.67 bits per heavy atom. The van der Waals surface area contributed by atoms with Gasteiger partial charge in [-0.15, -0.1) is 0 Å². The minimum Gasteiger partial charge on any atom is -0.408 e. The Morgan fingerprint density at radius 2 is 1.94 bits per heavy atom. The molecule has 3 rings (SSSR count). The molecule has 0 saturated heterocycles. The van der Waals surface area contributed by atoms with Gasteiger partial charge in [-0.05, 0) is 22.9 Å². The highest BCUT2D eigenvalue weighted by atomic mass is 16.6. The van der Waals surface area contributed by atoms with Crippen molar-refractivity contribution in [3.8, 4) is 0 Å². The summed E-state index contributed by atoms with van der Waals surface area (Å²) in [5, 5.41) is 2.75. The monoisotopic (exact) mass is 242 g/mol. The molecule has 90 valence electrons. The van der Waals surface area contributed by atoms with Crippen molar-refractivity contribution < 1.29 is 9.25 Å². The lowest BCUT2D eigenvalue weighted by molar-refractivity contribution is 0.269. The summed E-state index contributed by atoms with van der Waals surface area (Å²) in [5.41, 5.74) is 3.06. The molecule has 0 aliphatic rings. The number of rotatable bonds is 2. The number of hydrogen-bond donors (Lipinski definition) is 1. The van der Waals surface area contributed by atoms with Crippen molar-refractivity contribution >= 4 is 27.6 Å². The van der Waals surface area contributed by atoms with Crippen LogP contribution < -0.4 is 11.2 Å². The fourth-order valence-corrected chi connectivity index (χ4v) is 1.93. The number of nitrogens with zero attached hydrogens (tertiary/aromatic N) is 1. The minimum atomic E-state index is -0.655. The molecule has 0 bridgehead atoms. The maximum Gasteiger partial charge on any atom is 0.441 e. The van der Waals surface area contributed by atoms with E-state index in [1.165, 1.54) is 7.11 Å². The number of benzene rings is 2. The molecule has 5 nitrogen and oxygen atoms in total. The third-order valence-corrected chi connectivity index (χ3v) is 2.70. The molecule has 0 unspecified atom stereocenters. The SMILES string of the molecule is CONc1nc(=O)oc2cc3ccccc3cc12. The molecule has 0 spiro atoms. The summed E-state index contributed by atoms with van der Waals surface area (Å²) in [6, 6.07) is 11.5. The lowest BCUT2D eigenvalue weighted by Crippen LogP contribution is -2.09. The molecule has 5 heteroatoms. The van der Waals surface area contributed by atoms with Crippen LogP contribution in [0.25, 0.3) is 21.7 Å². The van der Waals surface area contributed by atoms with Gasteiger partial charge in [0.05, 0.1) is 12.5 Å². The van der Waals surface area contributed by atoms with Crippen LogP contribution in [0.4, 0.5) is 5.82 Å². The van der Waals surface area contributed by atoms with E-state index in [1.807, 2.05) is 36.4 Å². The molecule has 0 fully saturated rings. The predicted molar refractivity (Wildman–Crippen MR) is 68.4 cm³/mol. The van der Waals surface area contributed by atoms with Gasteiger partial charge in [-0.3, -0.25) is 4.84 Å². The largest absolute Gasteiger partial charge is 0.441 e. The number of hydrogen-bond acceptors (Lipinski definition) is 5. The van der Waals surface area contributed by atoms with Crippen LogP contribution in [0.3, 0.4) is 0 Å². The van der Waals surface area contributed by atoms with Gasteiger partial charge in [-0.1, -0.05) is 24.3 Å². The molecule has 0 aliphatic carbocycles. The van der Waals surface area contributed by atoms with Crippen LogP contribution in [0.15, 0.2) is 45.6 Å². The van der Waals surface area contributed by atoms with Crippen molar-refractivity contribution in [2.75, 3.05) is 12.6 Å². The van der Waals surface area contributed by atoms with Gasteiger partial charge >= 0.3 is 5.76 Å². The van der Waals surface area contributed by atoms with Gasteiger partial charge in [0, 0.05) is 0 Å². The quantitative estimate of drug-likeness (QED) is 0.552. The van der Waals surface area contributed by atoms with Crippen molar-refractivity contribution in [2.24, 2.45) is 0 Å². The maximum atomic E-state index is 11.3. The molecule has 1 N–H and O–H groups in total. The highest BCUT2D eigenvalue weighted by Gasteiger charge is 2.08. The zero-order valence-corrected chi connectivity index (χ0v) is 9.64. The Hall–Kier alpha value is -2.40. The van der Waals surface area contributed by atoms with E-state index in [0.29, 0.717) is 16.8 Å². The first kappa shape index (κ1) is 10.7. The summed E-state index contributed by atoms with van der Waals surface area (Å²) in [6.45, 7) is 0. The van der Waals surface area contributed by atoms with Crippen molar-refractivity contribution in [1.82, 2.24) is 4.98 Å². The standard InChI is InChI=1S/C13H10N2O3/c1-17-15-12-10-6-8-4-2-3-5-9(8)7-11(10)18-13(16)14-12/h2-7H,1H3,(H,14,15,16). The lowest BCUT2D eigenvalue weighted by atomic mass is 10.1. The van der Waals surface area contributed by atoms with Crippen LogP contribution in [0.1, 0.15) is 0 Å². The van der Waals surface area contributed by atoms with Gasteiger partial charge in [0.25, 0.3) is 0 Å². The van der Waals surface area contributed by atoms with Crippen molar-refractivity contribution in [3.05, 3.63) is 46.9 Å². The highest BCUT2D eigenvalue weighted by molar-refractivity contribution is 5.99. The fourth-order valence-electron chi connectivity index (χ4n) is 1.93. The van der Waals surface area contributed by atoms with E-state index in [0.717, 1.165) is 10.8 Å². The van der Waals surface area contributed by atoms with Crippen molar-refractivity contribution in [1.29, 1.82) is 0 Å². The third-order valence-electron chi connectivity index (χ3n) is 2.70. The molecule has 1 heterocycles. The minimum absolute atomic E-state index is 0.356. The molecular formula is C13H10N2O3. The number of fused-ring (bicyclic) bond motifs is 2. The second kappa shape index (κ2) is 4.12. The average Bonchev–Trinajstić information content (AvgIpc) is 2.37. The Morgan fingerprint density at radius 1 is 1.22 bits per heavy atom. The first-order valence-corrected chi connectivity index (χ1v) is 5.40. The van der Waals surface area contributed by atoms with E-state index < -0.39 is 5.76 Å². The zero-order valence-electron chi connectivity index (χ0n) is 9.64. The lowest BCUT2D eigenvalue weighted by Gasteiger charge is -2.06. The Balaban J connectivity index is 2.41. The number of aromatic nitrogens is 1. The van der Waals surface area contributed by atoms with Crippen molar-refractivity contribution in [2.45, 2.75) is 0 Å². The summed E-state index contributed by atoms with van der Waals surface area (Å²) < 4.78 is 5.09. The topological polar surface area (TPSA) is 64.4 Å². The molecule has 0 amide bonds. The average molecular weight is 242 g/mol. The molecule has 1 aromatic heterocycles. The van der Waals surface area contributed by atoms with Gasteiger partial charge in [0.15, 0.2) is 5.82 Å². The van der Waals surface area contributed by atoms with Crippen LogP contribution in [0.5, 0.6) is 0 Å². The first-order valence-electron chi connectivity index (χ1n) is 5.40. The fraction of sp³-hybridized carbons (Fsp3) is 0.0769. The van der Waals surface area contributed by atoms with Crippen LogP contribution in [0.2, 0.25) is 0 Å². The van der Waals surface area contributed by atoms with Crippen LogP contribution in [0, 0.1) is 0 Å². The van der Waals surface area contributed by atoms with E-state index in [4.69, 9.17) is 9.25 Å². The Kier molecular flexibility index (Phi) is 2.46. The molecule has 0 atom stereocenters. The van der Waals surface area contributed by atoms with Gasteiger partial charge < -0.3 is 4.42 Å². The molecule has 18 heavy (non-hydrogen) atoms. The van der Waals surface area contributed by atoms with E-state index in [9.17, 15) is 4.79 Å². The summed E-state index contributed by atoms with van der Waals surface area (Å²) in [5.74, 6) is -0.299. The van der Waals surface area contributed by atoms with Crippen molar-refractivity contribution in [3.63, 3.8) is 0 Å². The van der Waals surface area contributed by atoms with E-state index in [1.54, 1.807) is 0 Å². The molecule has 0 aliphatic heterocycles. The van der Waals surface area contributed by atoms with Gasteiger partial charge in [0.2, 0.25) is 0 Å². The number of nitrogens with one attached hydrogen (secondary N) is 1. The molecule has 2 aromatic carbocycles. The Bertz CT molecular complexity index is 780. The molecular weight excluding hydrogens is 232 g/mol. The first-order chi connectivity index (χ1) is 8.78. The van der Waals surface area contributed by atoms with E-state index in [2.05, 4.69) is 10.5 Å². The molecule has 0 saturated carbocycles. The summed E-state index contributed by atoms with van der Waals surface area (Å²) >= 11 is 0.